The van der Waals surface area contributed by atoms with Crippen molar-refractivity contribution in [3.05, 3.63) is 51.1 Å². The van der Waals surface area contributed by atoms with Crippen molar-refractivity contribution < 1.29 is 4.42 Å². The number of aromatic nitrogens is 1. The smallest absolute Gasteiger partial charge is 0.0935 e. The highest BCUT2D eigenvalue weighted by Gasteiger charge is 2.15. The summed E-state index contributed by atoms with van der Waals surface area (Å²) in [6.45, 7) is 0. The standard InChI is InChI=1S/C12H12Br2N2O/c1-15-11(4-8-2-3-17-7-8)12-10(14)5-9(13)6-16-12/h2-3,5-7,11,15H,4H2,1H3. The Morgan fingerprint density at radius 3 is 2.88 bits per heavy atom. The van der Waals surface area contributed by atoms with E-state index < -0.39 is 0 Å². The van der Waals surface area contributed by atoms with E-state index in [1.165, 1.54) is 0 Å². The fourth-order valence-electron chi connectivity index (χ4n) is 1.66. The molecule has 17 heavy (non-hydrogen) atoms. The van der Waals surface area contributed by atoms with Crippen molar-refractivity contribution in [2.45, 2.75) is 12.5 Å². The van der Waals surface area contributed by atoms with Crippen molar-refractivity contribution in [2.75, 3.05) is 7.05 Å². The lowest BCUT2D eigenvalue weighted by atomic mass is 10.1. The highest BCUT2D eigenvalue weighted by atomic mass is 79.9. The Balaban J connectivity index is 2.23. The van der Waals surface area contributed by atoms with Gasteiger partial charge in [0, 0.05) is 15.1 Å². The number of pyridine rings is 1. The van der Waals surface area contributed by atoms with Crippen LogP contribution in [0.1, 0.15) is 17.3 Å². The van der Waals surface area contributed by atoms with E-state index >= 15 is 0 Å². The molecular weight excluding hydrogens is 348 g/mol. The Morgan fingerprint density at radius 2 is 2.29 bits per heavy atom. The number of hydrogen-bond donors (Lipinski definition) is 1. The second kappa shape index (κ2) is 5.80. The Bertz CT molecular complexity index is 485. The average molecular weight is 360 g/mol. The van der Waals surface area contributed by atoms with Crippen molar-refractivity contribution >= 4 is 31.9 Å². The monoisotopic (exact) mass is 358 g/mol. The Kier molecular flexibility index (Phi) is 4.36. The van der Waals surface area contributed by atoms with Gasteiger partial charge in [0.1, 0.15) is 0 Å². The molecule has 3 nitrogen and oxygen atoms in total. The molecule has 2 rings (SSSR count). The summed E-state index contributed by atoms with van der Waals surface area (Å²) in [6, 6.07) is 4.13. The summed E-state index contributed by atoms with van der Waals surface area (Å²) in [5.41, 5.74) is 2.15. The summed E-state index contributed by atoms with van der Waals surface area (Å²) in [4.78, 5) is 4.44. The molecule has 0 aliphatic rings. The van der Waals surface area contributed by atoms with Crippen LogP contribution in [0.3, 0.4) is 0 Å². The third kappa shape index (κ3) is 3.18. The van der Waals surface area contributed by atoms with Gasteiger partial charge in [-0.2, -0.15) is 0 Å². The highest BCUT2D eigenvalue weighted by molar-refractivity contribution is 9.11. The number of likely N-dealkylation sites (N-methyl/N-ethyl adjacent to an activating group) is 1. The maximum Gasteiger partial charge on any atom is 0.0935 e. The summed E-state index contributed by atoms with van der Waals surface area (Å²) in [5.74, 6) is 0. The van der Waals surface area contributed by atoms with Gasteiger partial charge in [-0.05, 0) is 63.0 Å². The van der Waals surface area contributed by atoms with Crippen LogP contribution in [-0.2, 0) is 6.42 Å². The van der Waals surface area contributed by atoms with Crippen molar-refractivity contribution in [1.29, 1.82) is 0 Å². The molecule has 0 bridgehead atoms. The van der Waals surface area contributed by atoms with Gasteiger partial charge in [-0.15, -0.1) is 0 Å². The van der Waals surface area contributed by atoms with Gasteiger partial charge < -0.3 is 9.73 Å². The van der Waals surface area contributed by atoms with E-state index in [9.17, 15) is 0 Å². The van der Waals surface area contributed by atoms with Crippen LogP contribution in [0.2, 0.25) is 0 Å². The summed E-state index contributed by atoms with van der Waals surface area (Å²) in [7, 11) is 1.93. The molecular formula is C12H12Br2N2O. The summed E-state index contributed by atoms with van der Waals surface area (Å²) in [6.07, 6.45) is 6.10. The Labute approximate surface area is 117 Å². The van der Waals surface area contributed by atoms with Crippen LogP contribution in [0.4, 0.5) is 0 Å². The van der Waals surface area contributed by atoms with Gasteiger partial charge in [0.05, 0.1) is 24.3 Å². The zero-order valence-corrected chi connectivity index (χ0v) is 12.5. The fraction of sp³-hybridized carbons (Fsp3) is 0.250. The van der Waals surface area contributed by atoms with Crippen LogP contribution in [0, 0.1) is 0 Å². The largest absolute Gasteiger partial charge is 0.472 e. The number of nitrogens with one attached hydrogen (secondary N) is 1. The van der Waals surface area contributed by atoms with Crippen molar-refractivity contribution in [3.63, 3.8) is 0 Å². The molecule has 2 aromatic rings. The highest BCUT2D eigenvalue weighted by Crippen LogP contribution is 2.26. The second-order valence-electron chi connectivity index (χ2n) is 3.70. The minimum atomic E-state index is 0.162. The van der Waals surface area contributed by atoms with Crippen molar-refractivity contribution in [3.8, 4) is 0 Å². The van der Waals surface area contributed by atoms with E-state index in [0.29, 0.717) is 0 Å². The van der Waals surface area contributed by atoms with E-state index in [0.717, 1.165) is 26.6 Å². The lowest BCUT2D eigenvalue weighted by molar-refractivity contribution is 0.546. The van der Waals surface area contributed by atoms with Gasteiger partial charge in [-0.1, -0.05) is 0 Å². The van der Waals surface area contributed by atoms with Gasteiger partial charge in [0.15, 0.2) is 0 Å². The molecule has 0 aliphatic carbocycles. The molecule has 0 saturated heterocycles. The molecule has 1 N–H and O–H groups in total. The maximum absolute atomic E-state index is 5.08. The molecule has 0 saturated carbocycles. The lowest BCUT2D eigenvalue weighted by Gasteiger charge is -2.16. The van der Waals surface area contributed by atoms with Gasteiger partial charge in [0.2, 0.25) is 0 Å². The molecule has 1 unspecified atom stereocenters. The number of nitrogens with zero attached hydrogens (tertiary/aromatic N) is 1. The zero-order valence-electron chi connectivity index (χ0n) is 9.28. The molecule has 0 aromatic carbocycles. The minimum absolute atomic E-state index is 0.162. The first-order chi connectivity index (χ1) is 8.20. The molecule has 0 amide bonds. The number of furan rings is 1. The first-order valence-corrected chi connectivity index (χ1v) is 6.78. The van der Waals surface area contributed by atoms with Crippen LogP contribution < -0.4 is 5.32 Å². The third-order valence-electron chi connectivity index (χ3n) is 2.53. The first-order valence-electron chi connectivity index (χ1n) is 5.20. The van der Waals surface area contributed by atoms with Gasteiger partial charge in [-0.25, -0.2) is 0 Å². The van der Waals surface area contributed by atoms with Crippen molar-refractivity contribution in [2.24, 2.45) is 0 Å². The second-order valence-corrected chi connectivity index (χ2v) is 5.47. The van der Waals surface area contributed by atoms with E-state index in [4.69, 9.17) is 4.42 Å². The fourth-order valence-corrected chi connectivity index (χ4v) is 2.93. The number of halogens is 2. The van der Waals surface area contributed by atoms with E-state index in [2.05, 4.69) is 42.2 Å². The third-order valence-corrected chi connectivity index (χ3v) is 3.60. The van der Waals surface area contributed by atoms with Gasteiger partial charge in [-0.3, -0.25) is 4.98 Å². The number of rotatable bonds is 4. The molecule has 0 spiro atoms. The summed E-state index contributed by atoms with van der Waals surface area (Å²) >= 11 is 6.94. The first kappa shape index (κ1) is 12.8. The molecule has 90 valence electrons. The van der Waals surface area contributed by atoms with Gasteiger partial charge >= 0.3 is 0 Å². The predicted molar refractivity (Wildman–Crippen MR) is 73.8 cm³/mol. The molecule has 5 heteroatoms. The van der Waals surface area contributed by atoms with Crippen molar-refractivity contribution in [1.82, 2.24) is 10.3 Å². The van der Waals surface area contributed by atoms with Crippen LogP contribution in [0.25, 0.3) is 0 Å². The SMILES string of the molecule is CNC(Cc1ccoc1)c1ncc(Br)cc1Br. The molecule has 0 radical (unpaired) electrons. The van der Waals surface area contributed by atoms with E-state index in [1.807, 2.05) is 19.2 Å². The topological polar surface area (TPSA) is 38.1 Å². The van der Waals surface area contributed by atoms with E-state index in [-0.39, 0.29) is 6.04 Å². The molecule has 1 atom stereocenters. The summed E-state index contributed by atoms with van der Waals surface area (Å²) in [5, 5.41) is 3.27. The predicted octanol–water partition coefficient (Wildman–Crippen LogP) is 3.70. The normalized spacial score (nSPS) is 12.6. The molecule has 0 aliphatic heterocycles. The molecule has 2 aromatic heterocycles. The minimum Gasteiger partial charge on any atom is -0.472 e. The van der Waals surface area contributed by atoms with Crippen LogP contribution in [0.15, 0.2) is 44.2 Å². The van der Waals surface area contributed by atoms with Gasteiger partial charge in [0.25, 0.3) is 0 Å². The van der Waals surface area contributed by atoms with Crippen LogP contribution in [-0.4, -0.2) is 12.0 Å². The summed E-state index contributed by atoms with van der Waals surface area (Å²) < 4.78 is 7.04. The van der Waals surface area contributed by atoms with Crippen LogP contribution >= 0.6 is 31.9 Å². The van der Waals surface area contributed by atoms with Crippen LogP contribution in [0.5, 0.6) is 0 Å². The molecule has 0 fully saturated rings. The Hall–Kier alpha value is -0.650. The maximum atomic E-state index is 5.08. The Morgan fingerprint density at radius 1 is 1.47 bits per heavy atom. The number of hydrogen-bond acceptors (Lipinski definition) is 3. The quantitative estimate of drug-likeness (QED) is 0.904. The van der Waals surface area contributed by atoms with E-state index in [1.54, 1.807) is 18.7 Å². The average Bonchev–Trinajstić information content (AvgIpc) is 2.79. The zero-order chi connectivity index (χ0) is 12.3. The molecule has 2 heterocycles. The lowest BCUT2D eigenvalue weighted by Crippen LogP contribution is -2.20.